The highest BCUT2D eigenvalue weighted by Gasteiger charge is 2.21. The third-order valence-corrected chi connectivity index (χ3v) is 6.29. The molecule has 0 aliphatic heterocycles. The van der Waals surface area contributed by atoms with Gasteiger partial charge >= 0.3 is 11.9 Å². The zero-order valence-electron chi connectivity index (χ0n) is 23.1. The van der Waals surface area contributed by atoms with Gasteiger partial charge in [-0.15, -0.1) is 0 Å². The molecular weight excluding hydrogens is 440 g/mol. The molecule has 0 fully saturated rings. The number of rotatable bonds is 26. The van der Waals surface area contributed by atoms with Crippen LogP contribution in [-0.2, 0) is 19.1 Å². The summed E-state index contributed by atoms with van der Waals surface area (Å²) >= 11 is 0. The van der Waals surface area contributed by atoms with Crippen LogP contribution in [0.5, 0.6) is 0 Å². The van der Waals surface area contributed by atoms with Crippen LogP contribution in [-0.4, -0.2) is 36.4 Å². The molecule has 5 nitrogen and oxygen atoms in total. The maximum Gasteiger partial charge on any atom is 0.335 e. The maximum atomic E-state index is 11.8. The zero-order chi connectivity index (χ0) is 25.8. The van der Waals surface area contributed by atoms with Gasteiger partial charge in [0.1, 0.15) is 0 Å². The van der Waals surface area contributed by atoms with Crippen LogP contribution < -0.4 is 0 Å². The van der Waals surface area contributed by atoms with Crippen LogP contribution in [0.4, 0.5) is 0 Å². The van der Waals surface area contributed by atoms with E-state index < -0.39 is 18.0 Å². The Morgan fingerprint density at radius 3 is 1.49 bits per heavy atom. The Hall–Kier alpha value is -1.36. The second kappa shape index (κ2) is 27.2. The van der Waals surface area contributed by atoms with Gasteiger partial charge in [0.05, 0.1) is 19.6 Å². The summed E-state index contributed by atoms with van der Waals surface area (Å²) in [6, 6.07) is 0. The van der Waals surface area contributed by atoms with Crippen LogP contribution in [0.1, 0.15) is 149 Å². The zero-order valence-corrected chi connectivity index (χ0v) is 23.1. The highest BCUT2D eigenvalue weighted by atomic mass is 16.6. The number of hydrogen-bond acceptors (Lipinski definition) is 5. The van der Waals surface area contributed by atoms with Gasteiger partial charge in [0.15, 0.2) is 6.10 Å². The molecule has 1 atom stereocenters. The van der Waals surface area contributed by atoms with Crippen LogP contribution in [0.15, 0.2) is 12.2 Å². The second-order valence-electron chi connectivity index (χ2n) is 9.81. The first-order valence-corrected chi connectivity index (χ1v) is 14.8. The van der Waals surface area contributed by atoms with E-state index >= 15 is 0 Å². The number of aliphatic hydroxyl groups is 1. The SMILES string of the molecule is CCCCCCCCC=CCCCCCCCCOC(=O)C(O)CC(=O)OCCCCCCCC. The van der Waals surface area contributed by atoms with Gasteiger partial charge < -0.3 is 14.6 Å². The number of hydrogen-bond donors (Lipinski definition) is 1. The molecule has 0 saturated heterocycles. The summed E-state index contributed by atoms with van der Waals surface area (Å²) in [5.74, 6) is -1.27. The summed E-state index contributed by atoms with van der Waals surface area (Å²) in [5.41, 5.74) is 0. The summed E-state index contributed by atoms with van der Waals surface area (Å²) < 4.78 is 10.2. The van der Waals surface area contributed by atoms with E-state index in [2.05, 4.69) is 26.0 Å². The van der Waals surface area contributed by atoms with Gasteiger partial charge in [-0.25, -0.2) is 4.79 Å². The topological polar surface area (TPSA) is 72.8 Å². The second-order valence-corrected chi connectivity index (χ2v) is 9.81. The fraction of sp³-hybridized carbons (Fsp3) is 0.867. The largest absolute Gasteiger partial charge is 0.466 e. The minimum atomic E-state index is -1.43. The molecule has 35 heavy (non-hydrogen) atoms. The first-order valence-electron chi connectivity index (χ1n) is 14.8. The molecule has 0 aromatic heterocycles. The van der Waals surface area contributed by atoms with Crippen molar-refractivity contribution in [1.82, 2.24) is 0 Å². The third kappa shape index (κ3) is 25.5. The molecule has 5 heteroatoms. The number of allylic oxidation sites excluding steroid dienone is 2. The van der Waals surface area contributed by atoms with Gasteiger partial charge in [-0.3, -0.25) is 4.79 Å². The smallest absolute Gasteiger partial charge is 0.335 e. The molecule has 206 valence electrons. The Morgan fingerprint density at radius 1 is 0.600 bits per heavy atom. The average molecular weight is 497 g/mol. The van der Waals surface area contributed by atoms with Crippen molar-refractivity contribution in [3.63, 3.8) is 0 Å². The van der Waals surface area contributed by atoms with Crippen molar-refractivity contribution in [2.24, 2.45) is 0 Å². The predicted octanol–water partition coefficient (Wildman–Crippen LogP) is 8.22. The lowest BCUT2D eigenvalue weighted by molar-refractivity contribution is -0.160. The van der Waals surface area contributed by atoms with Gasteiger partial charge in [-0.05, 0) is 38.5 Å². The minimum Gasteiger partial charge on any atom is -0.466 e. The molecule has 0 aromatic carbocycles. The molecule has 0 amide bonds. The number of carbonyl (C=O) groups is 2. The van der Waals surface area contributed by atoms with Crippen LogP contribution in [0.3, 0.4) is 0 Å². The van der Waals surface area contributed by atoms with E-state index in [4.69, 9.17) is 9.47 Å². The first kappa shape index (κ1) is 33.6. The lowest BCUT2D eigenvalue weighted by Gasteiger charge is -2.11. The number of esters is 2. The Labute approximate surface area is 216 Å². The molecule has 0 aromatic rings. The van der Waals surface area contributed by atoms with E-state index in [-0.39, 0.29) is 6.42 Å². The van der Waals surface area contributed by atoms with Crippen LogP contribution in [0, 0.1) is 0 Å². The molecule has 0 saturated carbocycles. The van der Waals surface area contributed by atoms with Gasteiger partial charge in [0, 0.05) is 0 Å². The van der Waals surface area contributed by atoms with E-state index in [1.165, 1.54) is 89.9 Å². The third-order valence-electron chi connectivity index (χ3n) is 6.29. The summed E-state index contributed by atoms with van der Waals surface area (Å²) in [6.45, 7) is 5.08. The van der Waals surface area contributed by atoms with Crippen molar-refractivity contribution in [2.45, 2.75) is 155 Å². The quantitative estimate of drug-likeness (QED) is 0.0741. The van der Waals surface area contributed by atoms with Crippen LogP contribution in [0.2, 0.25) is 0 Å². The molecule has 0 bridgehead atoms. The van der Waals surface area contributed by atoms with E-state index in [0.717, 1.165) is 38.5 Å². The lowest BCUT2D eigenvalue weighted by Crippen LogP contribution is -2.27. The van der Waals surface area contributed by atoms with Crippen molar-refractivity contribution in [3.05, 3.63) is 12.2 Å². The van der Waals surface area contributed by atoms with E-state index in [0.29, 0.717) is 13.2 Å². The molecule has 0 spiro atoms. The molecule has 0 heterocycles. The standard InChI is InChI=1S/C30H56O5/c1-3-5-7-9-11-12-13-14-15-16-17-18-19-20-22-24-26-35-30(33)28(31)27-29(32)34-25-23-21-10-8-6-4-2/h14-15,28,31H,3-13,16-27H2,1-2H3. The Morgan fingerprint density at radius 2 is 1.00 bits per heavy atom. The highest BCUT2D eigenvalue weighted by Crippen LogP contribution is 2.10. The first-order chi connectivity index (χ1) is 17.1. The Balaban J connectivity index is 3.45. The summed E-state index contributed by atoms with van der Waals surface area (Å²) in [7, 11) is 0. The molecule has 0 aliphatic carbocycles. The van der Waals surface area contributed by atoms with Crippen LogP contribution in [0.25, 0.3) is 0 Å². The predicted molar refractivity (Wildman–Crippen MR) is 145 cm³/mol. The number of aliphatic hydroxyl groups excluding tert-OH is 1. The number of ether oxygens (including phenoxy) is 2. The Kier molecular flexibility index (Phi) is 26.2. The maximum absolute atomic E-state index is 11.8. The van der Waals surface area contributed by atoms with E-state index in [1.807, 2.05) is 0 Å². The average Bonchev–Trinajstić information content (AvgIpc) is 2.85. The fourth-order valence-corrected chi connectivity index (χ4v) is 3.99. The van der Waals surface area contributed by atoms with Gasteiger partial charge in [-0.2, -0.15) is 0 Å². The molecule has 1 unspecified atom stereocenters. The highest BCUT2D eigenvalue weighted by molar-refractivity contribution is 5.81. The fourth-order valence-electron chi connectivity index (χ4n) is 3.99. The normalized spacial score (nSPS) is 12.2. The van der Waals surface area contributed by atoms with Crippen molar-refractivity contribution < 1.29 is 24.2 Å². The number of unbranched alkanes of at least 4 members (excludes halogenated alkanes) is 17. The van der Waals surface area contributed by atoms with Gasteiger partial charge in [0.25, 0.3) is 0 Å². The Bertz CT molecular complexity index is 503. The van der Waals surface area contributed by atoms with Crippen molar-refractivity contribution in [1.29, 1.82) is 0 Å². The van der Waals surface area contributed by atoms with Crippen molar-refractivity contribution in [3.8, 4) is 0 Å². The summed E-state index contributed by atoms with van der Waals surface area (Å²) in [4.78, 5) is 23.6. The van der Waals surface area contributed by atoms with E-state index in [9.17, 15) is 14.7 Å². The van der Waals surface area contributed by atoms with Gasteiger partial charge in [-0.1, -0.05) is 116 Å². The monoisotopic (exact) mass is 496 g/mol. The van der Waals surface area contributed by atoms with Crippen LogP contribution >= 0.6 is 0 Å². The lowest BCUT2D eigenvalue weighted by atomic mass is 10.1. The number of carbonyl (C=O) groups excluding carboxylic acids is 2. The van der Waals surface area contributed by atoms with Crippen molar-refractivity contribution >= 4 is 11.9 Å². The molecule has 0 rings (SSSR count). The molecule has 0 radical (unpaired) electrons. The summed E-state index contributed by atoms with van der Waals surface area (Å²) in [5, 5.41) is 9.84. The minimum absolute atomic E-state index is 0.296. The van der Waals surface area contributed by atoms with Crippen molar-refractivity contribution in [2.75, 3.05) is 13.2 Å². The summed E-state index contributed by atoms with van der Waals surface area (Å²) in [6.07, 6.45) is 26.8. The van der Waals surface area contributed by atoms with Gasteiger partial charge in [0.2, 0.25) is 0 Å². The van der Waals surface area contributed by atoms with E-state index in [1.54, 1.807) is 0 Å². The molecule has 1 N–H and O–H groups in total. The molecule has 0 aliphatic rings. The molecular formula is C30H56O5.